The van der Waals surface area contributed by atoms with Crippen molar-refractivity contribution in [3.8, 4) is 11.5 Å². The zero-order chi connectivity index (χ0) is 18.4. The molecule has 1 aromatic carbocycles. The van der Waals surface area contributed by atoms with Crippen molar-refractivity contribution in [1.82, 2.24) is 10.2 Å². The summed E-state index contributed by atoms with van der Waals surface area (Å²) in [5.41, 5.74) is 0.699. The smallest absolute Gasteiger partial charge is 0.317 e. The van der Waals surface area contributed by atoms with Crippen LogP contribution in [0.15, 0.2) is 18.2 Å². The van der Waals surface area contributed by atoms with Gasteiger partial charge in [-0.05, 0) is 45.4 Å². The monoisotopic (exact) mass is 350 g/mol. The highest BCUT2D eigenvalue weighted by Crippen LogP contribution is 2.36. The number of nitrogens with zero attached hydrogens (tertiary/aromatic N) is 1. The Hall–Kier alpha value is -1.95. The predicted octanol–water partition coefficient (Wildman–Crippen LogP) is 3.02. The number of rotatable bonds is 7. The van der Waals surface area contributed by atoms with Gasteiger partial charge in [-0.15, -0.1) is 0 Å². The largest absolute Gasteiger partial charge is 0.497 e. The van der Waals surface area contributed by atoms with E-state index < -0.39 is 5.54 Å². The number of likely N-dealkylation sites (tertiary alicyclic amines) is 1. The molecule has 1 N–H and O–H groups in total. The molecule has 2 amide bonds. The van der Waals surface area contributed by atoms with E-state index in [1.54, 1.807) is 14.2 Å². The Balaban J connectivity index is 2.02. The van der Waals surface area contributed by atoms with Crippen LogP contribution in [-0.2, 0) is 4.74 Å². The normalized spacial score (nSPS) is 17.5. The van der Waals surface area contributed by atoms with Gasteiger partial charge >= 0.3 is 6.03 Å². The molecule has 140 valence electrons. The Morgan fingerprint density at radius 1 is 1.32 bits per heavy atom. The van der Waals surface area contributed by atoms with Crippen LogP contribution in [0.5, 0.6) is 11.5 Å². The van der Waals surface area contributed by atoms with E-state index in [2.05, 4.69) is 5.32 Å². The molecule has 6 nitrogen and oxygen atoms in total. The SMILES string of the molecule is CCOCC(C)(C)NC(=O)N1CC[C@H](c2cc(OC)ccc2OC)C1. The molecule has 0 aliphatic carbocycles. The van der Waals surface area contributed by atoms with E-state index in [0.29, 0.717) is 19.8 Å². The molecular weight excluding hydrogens is 320 g/mol. The molecule has 0 aromatic heterocycles. The summed E-state index contributed by atoms with van der Waals surface area (Å²) in [7, 11) is 3.32. The number of amides is 2. The van der Waals surface area contributed by atoms with E-state index in [1.165, 1.54) is 0 Å². The second kappa shape index (κ2) is 8.43. The quantitative estimate of drug-likeness (QED) is 0.821. The van der Waals surface area contributed by atoms with E-state index in [-0.39, 0.29) is 11.9 Å². The van der Waals surface area contributed by atoms with E-state index in [0.717, 1.165) is 30.0 Å². The molecule has 0 spiro atoms. The minimum absolute atomic E-state index is 0.0472. The van der Waals surface area contributed by atoms with Crippen LogP contribution in [0.2, 0.25) is 0 Å². The van der Waals surface area contributed by atoms with E-state index in [4.69, 9.17) is 14.2 Å². The van der Waals surface area contributed by atoms with Gasteiger partial charge < -0.3 is 24.4 Å². The summed E-state index contributed by atoms with van der Waals surface area (Å²) in [6.07, 6.45) is 0.906. The second-order valence-electron chi connectivity index (χ2n) is 6.99. The molecule has 2 rings (SSSR count). The summed E-state index contributed by atoms with van der Waals surface area (Å²) in [6.45, 7) is 8.42. The van der Waals surface area contributed by atoms with Crippen molar-refractivity contribution < 1.29 is 19.0 Å². The van der Waals surface area contributed by atoms with Crippen LogP contribution in [0.3, 0.4) is 0 Å². The molecule has 1 aromatic rings. The Morgan fingerprint density at radius 3 is 2.72 bits per heavy atom. The van der Waals surface area contributed by atoms with E-state index in [9.17, 15) is 4.79 Å². The van der Waals surface area contributed by atoms with Gasteiger partial charge in [0, 0.05) is 31.2 Å². The number of ether oxygens (including phenoxy) is 3. The van der Waals surface area contributed by atoms with Crippen LogP contribution in [0.1, 0.15) is 38.7 Å². The lowest BCUT2D eigenvalue weighted by atomic mass is 9.97. The number of hydrogen-bond donors (Lipinski definition) is 1. The third-order valence-corrected chi connectivity index (χ3v) is 4.46. The van der Waals surface area contributed by atoms with Gasteiger partial charge in [0.2, 0.25) is 0 Å². The fourth-order valence-corrected chi connectivity index (χ4v) is 3.12. The number of nitrogens with one attached hydrogen (secondary N) is 1. The van der Waals surface area contributed by atoms with Crippen molar-refractivity contribution >= 4 is 6.03 Å². The maximum absolute atomic E-state index is 12.6. The molecule has 1 saturated heterocycles. The maximum Gasteiger partial charge on any atom is 0.317 e. The zero-order valence-corrected chi connectivity index (χ0v) is 15.9. The summed E-state index contributed by atoms with van der Waals surface area (Å²) in [5, 5.41) is 3.06. The van der Waals surface area contributed by atoms with Gasteiger partial charge in [-0.3, -0.25) is 0 Å². The lowest BCUT2D eigenvalue weighted by Gasteiger charge is -2.29. The topological polar surface area (TPSA) is 60.0 Å². The first-order chi connectivity index (χ1) is 11.9. The molecule has 6 heteroatoms. The van der Waals surface area contributed by atoms with Crippen molar-refractivity contribution in [3.63, 3.8) is 0 Å². The maximum atomic E-state index is 12.6. The van der Waals surface area contributed by atoms with Gasteiger partial charge in [0.1, 0.15) is 11.5 Å². The summed E-state index contributed by atoms with van der Waals surface area (Å²) < 4.78 is 16.3. The van der Waals surface area contributed by atoms with Gasteiger partial charge in [0.05, 0.1) is 26.4 Å². The Bertz CT molecular complexity index is 589. The average molecular weight is 350 g/mol. The molecule has 25 heavy (non-hydrogen) atoms. The van der Waals surface area contributed by atoms with E-state index >= 15 is 0 Å². The molecule has 0 bridgehead atoms. The molecule has 0 radical (unpaired) electrons. The average Bonchev–Trinajstić information content (AvgIpc) is 3.09. The molecular formula is C19H30N2O4. The minimum atomic E-state index is -0.390. The molecule has 1 atom stereocenters. The summed E-state index contributed by atoms with van der Waals surface area (Å²) in [6, 6.07) is 5.76. The van der Waals surface area contributed by atoms with Gasteiger partial charge in [0.25, 0.3) is 0 Å². The standard InChI is InChI=1S/C19H30N2O4/c1-6-25-13-19(2,3)20-18(22)21-10-9-14(12-21)16-11-15(23-4)7-8-17(16)24-5/h7-8,11,14H,6,9-10,12-13H2,1-5H3,(H,20,22)/t14-/m0/s1. The first-order valence-corrected chi connectivity index (χ1v) is 8.77. The van der Waals surface area contributed by atoms with Crippen LogP contribution in [0, 0.1) is 0 Å². The third-order valence-electron chi connectivity index (χ3n) is 4.46. The number of methoxy groups -OCH3 is 2. The lowest BCUT2D eigenvalue weighted by Crippen LogP contribution is -2.51. The first kappa shape index (κ1) is 19.4. The summed E-state index contributed by atoms with van der Waals surface area (Å²) in [4.78, 5) is 14.4. The van der Waals surface area contributed by atoms with Crippen molar-refractivity contribution in [3.05, 3.63) is 23.8 Å². The predicted molar refractivity (Wildman–Crippen MR) is 97.6 cm³/mol. The van der Waals surface area contributed by atoms with Crippen molar-refractivity contribution in [2.75, 3.05) is 40.5 Å². The highest BCUT2D eigenvalue weighted by molar-refractivity contribution is 5.75. The summed E-state index contributed by atoms with van der Waals surface area (Å²) in [5.74, 6) is 1.88. The number of benzene rings is 1. The fraction of sp³-hybridized carbons (Fsp3) is 0.632. The molecule has 1 fully saturated rings. The molecule has 0 unspecified atom stereocenters. The van der Waals surface area contributed by atoms with Crippen LogP contribution >= 0.6 is 0 Å². The lowest BCUT2D eigenvalue weighted by molar-refractivity contribution is 0.0918. The molecule has 1 aliphatic heterocycles. The number of carbonyl (C=O) groups is 1. The zero-order valence-electron chi connectivity index (χ0n) is 15.9. The van der Waals surface area contributed by atoms with Crippen LogP contribution in [-0.4, -0.2) is 57.0 Å². The number of hydrogen-bond acceptors (Lipinski definition) is 4. The van der Waals surface area contributed by atoms with Crippen molar-refractivity contribution in [2.45, 2.75) is 38.6 Å². The molecule has 0 saturated carbocycles. The highest BCUT2D eigenvalue weighted by Gasteiger charge is 2.31. The van der Waals surface area contributed by atoms with Crippen molar-refractivity contribution in [1.29, 1.82) is 0 Å². The Kier molecular flexibility index (Phi) is 6.53. The van der Waals surface area contributed by atoms with Crippen LogP contribution in [0.4, 0.5) is 4.79 Å². The Morgan fingerprint density at radius 2 is 2.08 bits per heavy atom. The number of carbonyl (C=O) groups excluding carboxylic acids is 1. The minimum Gasteiger partial charge on any atom is -0.497 e. The van der Waals surface area contributed by atoms with E-state index in [1.807, 2.05) is 43.9 Å². The van der Waals surface area contributed by atoms with Crippen molar-refractivity contribution in [2.24, 2.45) is 0 Å². The van der Waals surface area contributed by atoms with Crippen LogP contribution < -0.4 is 14.8 Å². The van der Waals surface area contributed by atoms with Gasteiger partial charge in [-0.1, -0.05) is 0 Å². The highest BCUT2D eigenvalue weighted by atomic mass is 16.5. The van der Waals surface area contributed by atoms with Gasteiger partial charge in [-0.2, -0.15) is 0 Å². The van der Waals surface area contributed by atoms with Crippen LogP contribution in [0.25, 0.3) is 0 Å². The number of urea groups is 1. The second-order valence-corrected chi connectivity index (χ2v) is 6.99. The molecule has 1 aliphatic rings. The third kappa shape index (κ3) is 5.01. The fourth-order valence-electron chi connectivity index (χ4n) is 3.12. The molecule has 1 heterocycles. The summed E-state index contributed by atoms with van der Waals surface area (Å²) >= 11 is 0. The van der Waals surface area contributed by atoms with Gasteiger partial charge in [0.15, 0.2) is 0 Å². The van der Waals surface area contributed by atoms with Gasteiger partial charge in [-0.25, -0.2) is 4.79 Å². The first-order valence-electron chi connectivity index (χ1n) is 8.77. The Labute approximate surface area is 150 Å².